The maximum Gasteiger partial charge on any atom is 0.150 e. The summed E-state index contributed by atoms with van der Waals surface area (Å²) in [4.78, 5) is 10.5. The van der Waals surface area contributed by atoms with Gasteiger partial charge >= 0.3 is 0 Å². The van der Waals surface area contributed by atoms with E-state index in [0.717, 1.165) is 0 Å². The molecule has 0 bridgehead atoms. The number of aldehydes is 1. The van der Waals surface area contributed by atoms with Crippen LogP contribution in [0.1, 0.15) is 22.0 Å². The minimum absolute atomic E-state index is 0.257. The van der Waals surface area contributed by atoms with Crippen molar-refractivity contribution in [2.24, 2.45) is 0 Å². The standard InChI is InChI=1S/C11H14ClNO3/c1-13-5-10(15)11(16)8-3-2-7(6-14)4-9(8)12/h2-4,6,10-11,13,15-16H,5H2,1H3. The first-order chi connectivity index (χ1) is 7.60. The summed E-state index contributed by atoms with van der Waals surface area (Å²) in [6, 6.07) is 4.54. The first-order valence-electron chi connectivity index (χ1n) is 4.85. The molecule has 0 saturated heterocycles. The lowest BCUT2D eigenvalue weighted by Crippen LogP contribution is -2.29. The van der Waals surface area contributed by atoms with Gasteiger partial charge in [-0.2, -0.15) is 0 Å². The van der Waals surface area contributed by atoms with E-state index in [2.05, 4.69) is 5.32 Å². The summed E-state index contributed by atoms with van der Waals surface area (Å²) in [5, 5.41) is 22.4. The summed E-state index contributed by atoms with van der Waals surface area (Å²) in [5.41, 5.74) is 0.846. The molecule has 4 nitrogen and oxygen atoms in total. The van der Waals surface area contributed by atoms with Crippen molar-refractivity contribution >= 4 is 17.9 Å². The first-order valence-corrected chi connectivity index (χ1v) is 5.23. The number of likely N-dealkylation sites (N-methyl/N-ethyl adjacent to an activating group) is 1. The molecule has 0 amide bonds. The Hall–Kier alpha value is -0.940. The van der Waals surface area contributed by atoms with E-state index in [4.69, 9.17) is 11.6 Å². The molecule has 0 aromatic heterocycles. The Bertz CT molecular complexity index is 370. The van der Waals surface area contributed by atoms with Gasteiger partial charge in [-0.1, -0.05) is 23.7 Å². The summed E-state index contributed by atoms with van der Waals surface area (Å²) in [7, 11) is 1.67. The Balaban J connectivity index is 2.91. The molecule has 16 heavy (non-hydrogen) atoms. The average Bonchev–Trinajstić information content (AvgIpc) is 2.28. The van der Waals surface area contributed by atoms with Crippen LogP contribution in [0.15, 0.2) is 18.2 Å². The Morgan fingerprint density at radius 1 is 1.50 bits per heavy atom. The number of hydrogen-bond donors (Lipinski definition) is 3. The van der Waals surface area contributed by atoms with Crippen LogP contribution >= 0.6 is 11.6 Å². The molecule has 0 aliphatic rings. The van der Waals surface area contributed by atoms with Gasteiger partial charge in [0.05, 0.1) is 6.10 Å². The van der Waals surface area contributed by atoms with Gasteiger partial charge in [-0.05, 0) is 13.1 Å². The van der Waals surface area contributed by atoms with Gasteiger partial charge in [-0.3, -0.25) is 4.79 Å². The molecule has 0 heterocycles. The summed E-state index contributed by atoms with van der Waals surface area (Å²) in [5.74, 6) is 0. The second-order valence-electron chi connectivity index (χ2n) is 3.47. The van der Waals surface area contributed by atoms with Crippen LogP contribution in [0.5, 0.6) is 0 Å². The van der Waals surface area contributed by atoms with Gasteiger partial charge < -0.3 is 15.5 Å². The highest BCUT2D eigenvalue weighted by molar-refractivity contribution is 6.31. The van der Waals surface area contributed by atoms with Crippen LogP contribution in [0.25, 0.3) is 0 Å². The lowest BCUT2D eigenvalue weighted by Gasteiger charge is -2.18. The highest BCUT2D eigenvalue weighted by Crippen LogP contribution is 2.25. The third-order valence-electron chi connectivity index (χ3n) is 2.26. The van der Waals surface area contributed by atoms with E-state index in [-0.39, 0.29) is 11.6 Å². The van der Waals surface area contributed by atoms with Gasteiger partial charge in [0.2, 0.25) is 0 Å². The zero-order valence-corrected chi connectivity index (χ0v) is 9.61. The number of hydrogen-bond acceptors (Lipinski definition) is 4. The van der Waals surface area contributed by atoms with Gasteiger partial charge in [0, 0.05) is 22.7 Å². The van der Waals surface area contributed by atoms with Crippen molar-refractivity contribution in [3.05, 3.63) is 34.3 Å². The fourth-order valence-electron chi connectivity index (χ4n) is 1.38. The molecular formula is C11H14ClNO3. The number of carbonyl (C=O) groups is 1. The number of benzene rings is 1. The molecule has 2 unspecified atom stereocenters. The van der Waals surface area contributed by atoms with E-state index in [9.17, 15) is 15.0 Å². The van der Waals surface area contributed by atoms with E-state index in [1.165, 1.54) is 12.1 Å². The first kappa shape index (κ1) is 13.1. The quantitative estimate of drug-likeness (QED) is 0.668. The Labute approximate surface area is 98.9 Å². The topological polar surface area (TPSA) is 69.6 Å². The van der Waals surface area contributed by atoms with Crippen LogP contribution in [-0.2, 0) is 0 Å². The second-order valence-corrected chi connectivity index (χ2v) is 3.88. The molecule has 1 rings (SSSR count). The smallest absolute Gasteiger partial charge is 0.150 e. The summed E-state index contributed by atoms with van der Waals surface area (Å²) in [6.45, 7) is 0.257. The van der Waals surface area contributed by atoms with E-state index < -0.39 is 12.2 Å². The predicted molar refractivity (Wildman–Crippen MR) is 61.7 cm³/mol. The normalized spacial score (nSPS) is 14.5. The zero-order chi connectivity index (χ0) is 12.1. The van der Waals surface area contributed by atoms with Crippen molar-refractivity contribution in [2.45, 2.75) is 12.2 Å². The second kappa shape index (κ2) is 5.96. The van der Waals surface area contributed by atoms with Crippen molar-refractivity contribution in [3.8, 4) is 0 Å². The number of rotatable bonds is 5. The lowest BCUT2D eigenvalue weighted by atomic mass is 10.0. The van der Waals surface area contributed by atoms with E-state index in [0.29, 0.717) is 17.4 Å². The lowest BCUT2D eigenvalue weighted by molar-refractivity contribution is 0.0203. The van der Waals surface area contributed by atoms with E-state index in [1.54, 1.807) is 13.1 Å². The SMILES string of the molecule is CNCC(O)C(O)c1ccc(C=O)cc1Cl. The molecule has 3 N–H and O–H groups in total. The van der Waals surface area contributed by atoms with Crippen molar-refractivity contribution < 1.29 is 15.0 Å². The maximum absolute atomic E-state index is 10.5. The van der Waals surface area contributed by atoms with Crippen LogP contribution in [0.2, 0.25) is 5.02 Å². The van der Waals surface area contributed by atoms with Crippen molar-refractivity contribution in [1.29, 1.82) is 0 Å². The molecule has 5 heteroatoms. The number of halogens is 1. The molecule has 0 radical (unpaired) electrons. The van der Waals surface area contributed by atoms with Crippen LogP contribution in [0, 0.1) is 0 Å². The number of carbonyl (C=O) groups excluding carboxylic acids is 1. The fourth-order valence-corrected chi connectivity index (χ4v) is 1.69. The summed E-state index contributed by atoms with van der Waals surface area (Å²) in [6.07, 6.45) is -1.34. The number of aliphatic hydroxyl groups is 2. The molecule has 1 aromatic carbocycles. The molecular weight excluding hydrogens is 230 g/mol. The van der Waals surface area contributed by atoms with Gasteiger partial charge in [0.15, 0.2) is 0 Å². The van der Waals surface area contributed by atoms with Crippen molar-refractivity contribution in [1.82, 2.24) is 5.32 Å². The number of aliphatic hydroxyl groups excluding tert-OH is 2. The molecule has 0 aliphatic carbocycles. The van der Waals surface area contributed by atoms with Crippen molar-refractivity contribution in [3.63, 3.8) is 0 Å². The highest BCUT2D eigenvalue weighted by Gasteiger charge is 2.20. The zero-order valence-electron chi connectivity index (χ0n) is 8.85. The van der Waals surface area contributed by atoms with Gasteiger partial charge in [0.1, 0.15) is 12.4 Å². The molecule has 1 aromatic rings. The Kier molecular flexibility index (Phi) is 4.89. The summed E-state index contributed by atoms with van der Waals surface area (Å²) < 4.78 is 0. The third-order valence-corrected chi connectivity index (χ3v) is 2.58. The average molecular weight is 244 g/mol. The maximum atomic E-state index is 10.5. The van der Waals surface area contributed by atoms with Crippen LogP contribution in [0.3, 0.4) is 0 Å². The molecule has 0 fully saturated rings. The third kappa shape index (κ3) is 3.02. The van der Waals surface area contributed by atoms with Crippen LogP contribution in [0.4, 0.5) is 0 Å². The predicted octanol–water partition coefficient (Wildman–Crippen LogP) is 0.766. The molecule has 0 spiro atoms. The molecule has 2 atom stereocenters. The van der Waals surface area contributed by atoms with Gasteiger partial charge in [0.25, 0.3) is 0 Å². The minimum atomic E-state index is -1.07. The van der Waals surface area contributed by atoms with E-state index >= 15 is 0 Å². The fraction of sp³-hybridized carbons (Fsp3) is 0.364. The van der Waals surface area contributed by atoms with Crippen LogP contribution < -0.4 is 5.32 Å². The molecule has 0 saturated carbocycles. The molecule has 0 aliphatic heterocycles. The van der Waals surface area contributed by atoms with Crippen LogP contribution in [-0.4, -0.2) is 36.2 Å². The minimum Gasteiger partial charge on any atom is -0.389 e. The monoisotopic (exact) mass is 243 g/mol. The van der Waals surface area contributed by atoms with Crippen molar-refractivity contribution in [2.75, 3.05) is 13.6 Å². The Morgan fingerprint density at radius 2 is 2.19 bits per heavy atom. The largest absolute Gasteiger partial charge is 0.389 e. The number of nitrogens with one attached hydrogen (secondary N) is 1. The highest BCUT2D eigenvalue weighted by atomic mass is 35.5. The van der Waals surface area contributed by atoms with Gasteiger partial charge in [-0.15, -0.1) is 0 Å². The molecule has 88 valence electrons. The Morgan fingerprint density at radius 3 is 2.69 bits per heavy atom. The summed E-state index contributed by atoms with van der Waals surface area (Å²) >= 11 is 5.90. The van der Waals surface area contributed by atoms with Gasteiger partial charge in [-0.25, -0.2) is 0 Å². The van der Waals surface area contributed by atoms with E-state index in [1.807, 2.05) is 0 Å².